The van der Waals surface area contributed by atoms with Gasteiger partial charge < -0.3 is 14.9 Å². The fourth-order valence-corrected chi connectivity index (χ4v) is 1.20. The van der Waals surface area contributed by atoms with Gasteiger partial charge in [0.1, 0.15) is 12.3 Å². The Bertz CT molecular complexity index is 453. The number of nitrogens with one attached hydrogen (secondary N) is 1. The number of hydrogen-bond acceptors (Lipinski definition) is 5. The normalized spacial score (nSPS) is 15.8. The van der Waals surface area contributed by atoms with Crippen molar-refractivity contribution in [1.82, 2.24) is 9.99 Å². The van der Waals surface area contributed by atoms with Gasteiger partial charge in [0.2, 0.25) is 0 Å². The van der Waals surface area contributed by atoms with Crippen molar-refractivity contribution >= 4 is 18.1 Å². The molecule has 1 aliphatic heterocycles. The van der Waals surface area contributed by atoms with Crippen molar-refractivity contribution in [3.05, 3.63) is 27.9 Å². The topological polar surface area (TPSA) is 101 Å². The number of hydrazone groups is 1. The largest absolute Gasteiger partial charge is 0.446 e. The van der Waals surface area contributed by atoms with Crippen LogP contribution in [0, 0.1) is 10.1 Å². The Balaban J connectivity index is 2.05. The number of H-pyrrole nitrogens is 1. The third-order valence-electron chi connectivity index (χ3n) is 1.97. The van der Waals surface area contributed by atoms with E-state index in [4.69, 9.17) is 0 Å². The quantitative estimate of drug-likeness (QED) is 0.464. The highest BCUT2D eigenvalue weighted by Gasteiger charge is 2.20. The van der Waals surface area contributed by atoms with E-state index in [1.807, 2.05) is 0 Å². The highest BCUT2D eigenvalue weighted by molar-refractivity contribution is 5.79. The Morgan fingerprint density at radius 3 is 3.00 bits per heavy atom. The van der Waals surface area contributed by atoms with Crippen molar-refractivity contribution in [2.24, 2.45) is 5.10 Å². The molecule has 0 bridgehead atoms. The average molecular weight is 224 g/mol. The summed E-state index contributed by atoms with van der Waals surface area (Å²) in [4.78, 5) is 23.3. The summed E-state index contributed by atoms with van der Waals surface area (Å²) < 4.78 is 4.65. The summed E-state index contributed by atoms with van der Waals surface area (Å²) in [6.07, 6.45) is 0.817. The zero-order chi connectivity index (χ0) is 11.5. The van der Waals surface area contributed by atoms with Crippen LogP contribution in [0.3, 0.4) is 0 Å². The Morgan fingerprint density at radius 1 is 1.62 bits per heavy atom. The van der Waals surface area contributed by atoms with Crippen molar-refractivity contribution < 1.29 is 14.5 Å². The Kier molecular flexibility index (Phi) is 2.54. The molecule has 1 aromatic heterocycles. The molecular weight excluding hydrogens is 216 g/mol. The first kappa shape index (κ1) is 10.1. The van der Waals surface area contributed by atoms with Crippen LogP contribution in [0.2, 0.25) is 0 Å². The maximum Gasteiger partial charge on any atom is 0.430 e. The standard InChI is InChI=1S/C8H8N4O4/c13-8-11(3-4-16-8)9-5-6-1-2-7(10-6)12(14)15/h1-2,5,10H,3-4H2/b9-5+. The molecule has 84 valence electrons. The molecule has 1 saturated heterocycles. The molecule has 0 saturated carbocycles. The van der Waals surface area contributed by atoms with Crippen LogP contribution in [0.5, 0.6) is 0 Å². The molecule has 0 spiro atoms. The van der Waals surface area contributed by atoms with Crippen LogP contribution >= 0.6 is 0 Å². The number of cyclic esters (lactones) is 1. The van der Waals surface area contributed by atoms with Crippen LogP contribution in [0.15, 0.2) is 17.2 Å². The minimum atomic E-state index is -0.540. The van der Waals surface area contributed by atoms with Gasteiger partial charge >= 0.3 is 11.9 Å². The van der Waals surface area contributed by atoms with Gasteiger partial charge in [-0.2, -0.15) is 10.1 Å². The number of ether oxygens (including phenoxy) is 1. The molecule has 0 radical (unpaired) electrons. The molecule has 2 rings (SSSR count). The molecule has 1 fully saturated rings. The number of rotatable bonds is 3. The van der Waals surface area contributed by atoms with E-state index in [9.17, 15) is 14.9 Å². The molecule has 1 amide bonds. The summed E-state index contributed by atoms with van der Waals surface area (Å²) in [5.41, 5.74) is 0.450. The Hall–Kier alpha value is -2.38. The molecule has 0 aromatic carbocycles. The van der Waals surface area contributed by atoms with Gasteiger partial charge in [0, 0.05) is 6.07 Å². The summed E-state index contributed by atoms with van der Waals surface area (Å²) in [6.45, 7) is 0.694. The number of aromatic nitrogens is 1. The van der Waals surface area contributed by atoms with Crippen LogP contribution in [-0.2, 0) is 4.74 Å². The van der Waals surface area contributed by atoms with Crippen molar-refractivity contribution in [2.45, 2.75) is 0 Å². The minimum Gasteiger partial charge on any atom is -0.446 e. The lowest BCUT2D eigenvalue weighted by Gasteiger charge is -2.01. The predicted molar refractivity (Wildman–Crippen MR) is 53.1 cm³/mol. The summed E-state index contributed by atoms with van der Waals surface area (Å²) in [5.74, 6) is -0.120. The van der Waals surface area contributed by atoms with E-state index in [0.717, 1.165) is 5.01 Å². The summed E-state index contributed by atoms with van der Waals surface area (Å²) >= 11 is 0. The van der Waals surface area contributed by atoms with Gasteiger partial charge in [0.05, 0.1) is 12.8 Å². The van der Waals surface area contributed by atoms with E-state index in [2.05, 4.69) is 14.8 Å². The molecule has 8 nitrogen and oxygen atoms in total. The van der Waals surface area contributed by atoms with Gasteiger partial charge in [-0.15, -0.1) is 0 Å². The molecule has 0 aliphatic carbocycles. The minimum absolute atomic E-state index is 0.120. The molecule has 2 heterocycles. The van der Waals surface area contributed by atoms with Gasteiger partial charge in [0.25, 0.3) is 0 Å². The maximum atomic E-state index is 11.0. The lowest BCUT2D eigenvalue weighted by molar-refractivity contribution is -0.389. The van der Waals surface area contributed by atoms with E-state index >= 15 is 0 Å². The molecule has 0 atom stereocenters. The fraction of sp³-hybridized carbons (Fsp3) is 0.250. The lowest BCUT2D eigenvalue weighted by Crippen LogP contribution is -2.17. The zero-order valence-electron chi connectivity index (χ0n) is 8.12. The third kappa shape index (κ3) is 2.00. The summed E-state index contributed by atoms with van der Waals surface area (Å²) in [7, 11) is 0. The molecule has 1 aromatic rings. The second-order valence-corrected chi connectivity index (χ2v) is 3.04. The molecule has 8 heteroatoms. The number of carbonyl (C=O) groups is 1. The van der Waals surface area contributed by atoms with Crippen molar-refractivity contribution in [2.75, 3.05) is 13.2 Å². The van der Waals surface area contributed by atoms with Gasteiger partial charge in [-0.1, -0.05) is 0 Å². The van der Waals surface area contributed by atoms with Crippen LogP contribution in [0.4, 0.5) is 10.6 Å². The third-order valence-corrected chi connectivity index (χ3v) is 1.97. The van der Waals surface area contributed by atoms with Crippen molar-refractivity contribution in [1.29, 1.82) is 0 Å². The SMILES string of the molecule is O=C1OCCN1/N=C/c1ccc([N+](=O)[O-])[nH]1. The zero-order valence-corrected chi connectivity index (χ0v) is 8.12. The number of hydrogen-bond donors (Lipinski definition) is 1. The van der Waals surface area contributed by atoms with Gasteiger partial charge in [0.15, 0.2) is 0 Å². The highest BCUT2D eigenvalue weighted by Crippen LogP contribution is 2.09. The Labute approximate surface area is 89.6 Å². The van der Waals surface area contributed by atoms with E-state index < -0.39 is 11.0 Å². The number of nitro groups is 1. The second-order valence-electron chi connectivity index (χ2n) is 3.04. The molecule has 16 heavy (non-hydrogen) atoms. The Morgan fingerprint density at radius 2 is 2.44 bits per heavy atom. The van der Waals surface area contributed by atoms with Gasteiger partial charge in [-0.25, -0.2) is 9.78 Å². The van der Waals surface area contributed by atoms with Crippen LogP contribution in [0.25, 0.3) is 0 Å². The van der Waals surface area contributed by atoms with Crippen LogP contribution in [-0.4, -0.2) is 40.4 Å². The van der Waals surface area contributed by atoms with Gasteiger partial charge in [-0.3, -0.25) is 0 Å². The fourth-order valence-electron chi connectivity index (χ4n) is 1.20. The molecular formula is C8H8N4O4. The van der Waals surface area contributed by atoms with Crippen LogP contribution in [0.1, 0.15) is 5.69 Å². The number of aromatic amines is 1. The van der Waals surface area contributed by atoms with E-state index in [1.165, 1.54) is 18.3 Å². The van der Waals surface area contributed by atoms with Crippen LogP contribution < -0.4 is 0 Å². The van der Waals surface area contributed by atoms with E-state index in [1.54, 1.807) is 0 Å². The first-order valence-electron chi connectivity index (χ1n) is 4.48. The predicted octanol–water partition coefficient (Wildman–Crippen LogP) is 0.709. The molecule has 0 unspecified atom stereocenters. The monoisotopic (exact) mass is 224 g/mol. The number of amides is 1. The number of carbonyl (C=O) groups excluding carboxylic acids is 1. The lowest BCUT2D eigenvalue weighted by atomic mass is 10.5. The summed E-state index contributed by atoms with van der Waals surface area (Å²) in [5, 5.41) is 15.3. The van der Waals surface area contributed by atoms with E-state index in [0.29, 0.717) is 18.8 Å². The maximum absolute atomic E-state index is 11.0. The number of nitrogens with zero attached hydrogens (tertiary/aromatic N) is 3. The first-order chi connectivity index (χ1) is 7.66. The van der Waals surface area contributed by atoms with Gasteiger partial charge in [-0.05, 0) is 11.0 Å². The smallest absolute Gasteiger partial charge is 0.430 e. The first-order valence-corrected chi connectivity index (χ1v) is 4.48. The van der Waals surface area contributed by atoms with Crippen molar-refractivity contribution in [3.8, 4) is 0 Å². The summed E-state index contributed by atoms with van der Waals surface area (Å²) in [6, 6.07) is 2.83. The molecule has 1 aliphatic rings. The molecule has 1 N–H and O–H groups in total. The average Bonchev–Trinajstić information content (AvgIpc) is 2.83. The highest BCUT2D eigenvalue weighted by atomic mass is 16.6. The van der Waals surface area contributed by atoms with E-state index in [-0.39, 0.29) is 5.82 Å². The van der Waals surface area contributed by atoms with Crippen molar-refractivity contribution in [3.63, 3.8) is 0 Å². The second kappa shape index (κ2) is 4.01.